The number of aryl methyl sites for hydroxylation is 3. The molecule has 2 aromatic rings. The summed E-state index contributed by atoms with van der Waals surface area (Å²) in [5.41, 5.74) is 4.04. The first kappa shape index (κ1) is 15.9. The highest BCUT2D eigenvalue weighted by Crippen LogP contribution is 2.35. The van der Waals surface area contributed by atoms with E-state index in [0.29, 0.717) is 6.42 Å². The molecule has 0 aromatic carbocycles. The van der Waals surface area contributed by atoms with Crippen molar-refractivity contribution in [3.05, 3.63) is 32.5 Å². The Morgan fingerprint density at radius 2 is 2.22 bits per heavy atom. The maximum atomic E-state index is 11.4. The number of carboxylic acids is 1. The number of fused-ring (bicyclic) bond motifs is 1. The maximum absolute atomic E-state index is 11.4. The molecule has 6 heteroatoms. The molecule has 1 N–H and O–H groups in total. The third-order valence-electron chi connectivity index (χ3n) is 4.40. The van der Waals surface area contributed by atoms with Crippen LogP contribution in [0.3, 0.4) is 0 Å². The Morgan fingerprint density at radius 3 is 2.87 bits per heavy atom. The molecule has 0 amide bonds. The molecular formula is C17H21N3O2S. The van der Waals surface area contributed by atoms with Crippen molar-refractivity contribution in [2.24, 2.45) is 0 Å². The molecule has 122 valence electrons. The van der Waals surface area contributed by atoms with Crippen LogP contribution in [0, 0.1) is 13.8 Å². The zero-order valence-corrected chi connectivity index (χ0v) is 14.5. The van der Waals surface area contributed by atoms with E-state index in [1.165, 1.54) is 0 Å². The zero-order chi connectivity index (χ0) is 16.6. The second-order valence-corrected chi connectivity index (χ2v) is 6.99. The van der Waals surface area contributed by atoms with Gasteiger partial charge in [0.1, 0.15) is 5.01 Å². The van der Waals surface area contributed by atoms with Crippen LogP contribution in [0.1, 0.15) is 58.2 Å². The molecule has 3 rings (SSSR count). The molecule has 5 nitrogen and oxygen atoms in total. The van der Waals surface area contributed by atoms with Gasteiger partial charge in [-0.15, -0.1) is 11.3 Å². The fraction of sp³-hybridized carbons (Fsp3) is 0.471. The molecule has 1 atom stereocenters. The van der Waals surface area contributed by atoms with Crippen molar-refractivity contribution in [1.82, 2.24) is 14.8 Å². The van der Waals surface area contributed by atoms with E-state index in [0.717, 1.165) is 51.9 Å². The van der Waals surface area contributed by atoms with Gasteiger partial charge in [-0.2, -0.15) is 5.10 Å². The Bertz CT molecular complexity index is 773. The maximum Gasteiger partial charge on any atom is 0.312 e. The summed E-state index contributed by atoms with van der Waals surface area (Å²) in [5, 5.41) is 14.7. The average Bonchev–Trinajstić information content (AvgIpc) is 3.05. The highest BCUT2D eigenvalue weighted by atomic mass is 32.1. The topological polar surface area (TPSA) is 68.0 Å². The van der Waals surface area contributed by atoms with Gasteiger partial charge in [-0.25, -0.2) is 4.98 Å². The molecule has 1 aliphatic rings. The van der Waals surface area contributed by atoms with Crippen LogP contribution < -0.4 is 0 Å². The molecular weight excluding hydrogens is 310 g/mol. The van der Waals surface area contributed by atoms with Crippen molar-refractivity contribution in [3.63, 3.8) is 0 Å². The minimum atomic E-state index is -0.761. The van der Waals surface area contributed by atoms with Crippen LogP contribution >= 0.6 is 11.3 Å². The van der Waals surface area contributed by atoms with Gasteiger partial charge in [-0.05, 0) is 52.2 Å². The molecule has 0 fully saturated rings. The van der Waals surface area contributed by atoms with Gasteiger partial charge >= 0.3 is 5.97 Å². The van der Waals surface area contributed by atoms with Gasteiger partial charge in [-0.3, -0.25) is 9.48 Å². The summed E-state index contributed by atoms with van der Waals surface area (Å²) >= 11 is 1.61. The summed E-state index contributed by atoms with van der Waals surface area (Å²) in [6.45, 7) is 7.00. The molecule has 1 aliphatic carbocycles. The summed E-state index contributed by atoms with van der Waals surface area (Å²) in [7, 11) is 0. The number of aliphatic carboxylic acids is 1. The molecule has 2 aromatic heterocycles. The van der Waals surface area contributed by atoms with Crippen LogP contribution in [0.2, 0.25) is 0 Å². The van der Waals surface area contributed by atoms with E-state index in [9.17, 15) is 9.90 Å². The van der Waals surface area contributed by atoms with Gasteiger partial charge in [0.25, 0.3) is 0 Å². The SMILES string of the molecule is CCn1nc(C)c(/C=C/c2nc3c(s2)CCCC3C(=O)O)c1C. The highest BCUT2D eigenvalue weighted by molar-refractivity contribution is 7.12. The van der Waals surface area contributed by atoms with E-state index in [1.807, 2.05) is 23.8 Å². The van der Waals surface area contributed by atoms with Crippen molar-refractivity contribution < 1.29 is 9.90 Å². The normalized spacial score (nSPS) is 17.6. The van der Waals surface area contributed by atoms with E-state index in [1.54, 1.807) is 11.3 Å². The van der Waals surface area contributed by atoms with Crippen LogP contribution in [0.25, 0.3) is 12.2 Å². The Kier molecular flexibility index (Phi) is 4.35. The fourth-order valence-electron chi connectivity index (χ4n) is 3.16. The van der Waals surface area contributed by atoms with Crippen molar-refractivity contribution in [3.8, 4) is 0 Å². The van der Waals surface area contributed by atoms with E-state index < -0.39 is 11.9 Å². The highest BCUT2D eigenvalue weighted by Gasteiger charge is 2.29. The van der Waals surface area contributed by atoms with Crippen LogP contribution in [0.5, 0.6) is 0 Å². The van der Waals surface area contributed by atoms with Crippen LogP contribution in [0.15, 0.2) is 0 Å². The third kappa shape index (κ3) is 2.95. The number of thiazole rings is 1. The summed E-state index contributed by atoms with van der Waals surface area (Å²) in [6.07, 6.45) is 6.59. The number of hydrogen-bond donors (Lipinski definition) is 1. The Hall–Kier alpha value is -1.95. The van der Waals surface area contributed by atoms with Crippen molar-refractivity contribution in [2.45, 2.75) is 52.5 Å². The number of rotatable bonds is 4. The summed E-state index contributed by atoms with van der Waals surface area (Å²) in [4.78, 5) is 17.1. The zero-order valence-electron chi connectivity index (χ0n) is 13.7. The lowest BCUT2D eigenvalue weighted by atomic mass is 9.91. The number of hydrogen-bond acceptors (Lipinski definition) is 4. The summed E-state index contributed by atoms with van der Waals surface area (Å²) in [6, 6.07) is 0. The lowest BCUT2D eigenvalue weighted by molar-refractivity contribution is -0.139. The number of nitrogens with zero attached hydrogens (tertiary/aromatic N) is 3. The Balaban J connectivity index is 1.90. The van der Waals surface area contributed by atoms with Gasteiger partial charge < -0.3 is 5.11 Å². The molecule has 1 unspecified atom stereocenters. The largest absolute Gasteiger partial charge is 0.481 e. The first-order valence-corrected chi connectivity index (χ1v) is 8.77. The monoisotopic (exact) mass is 331 g/mol. The van der Waals surface area contributed by atoms with Crippen LogP contribution in [-0.4, -0.2) is 25.8 Å². The lowest BCUT2D eigenvalue weighted by Gasteiger charge is -2.16. The van der Waals surface area contributed by atoms with Crippen LogP contribution in [-0.2, 0) is 17.8 Å². The average molecular weight is 331 g/mol. The van der Waals surface area contributed by atoms with E-state index in [4.69, 9.17) is 0 Å². The third-order valence-corrected chi connectivity index (χ3v) is 5.49. The summed E-state index contributed by atoms with van der Waals surface area (Å²) in [5.74, 6) is -1.20. The second-order valence-electron chi connectivity index (χ2n) is 5.88. The van der Waals surface area contributed by atoms with Crippen LogP contribution in [0.4, 0.5) is 0 Å². The van der Waals surface area contributed by atoms with Crippen molar-refractivity contribution >= 4 is 29.5 Å². The van der Waals surface area contributed by atoms with Gasteiger partial charge in [0, 0.05) is 22.7 Å². The van der Waals surface area contributed by atoms with E-state index in [-0.39, 0.29) is 0 Å². The minimum Gasteiger partial charge on any atom is -0.481 e. The smallest absolute Gasteiger partial charge is 0.312 e. The molecule has 0 saturated heterocycles. The molecule has 23 heavy (non-hydrogen) atoms. The molecule has 0 spiro atoms. The Morgan fingerprint density at radius 1 is 1.43 bits per heavy atom. The predicted octanol–water partition coefficient (Wildman–Crippen LogP) is 3.65. The number of carbonyl (C=O) groups is 1. The molecule has 0 bridgehead atoms. The summed E-state index contributed by atoms with van der Waals surface area (Å²) < 4.78 is 1.99. The minimum absolute atomic E-state index is 0.441. The lowest BCUT2D eigenvalue weighted by Crippen LogP contribution is -2.17. The predicted molar refractivity (Wildman–Crippen MR) is 91.7 cm³/mol. The fourth-order valence-corrected chi connectivity index (χ4v) is 4.23. The number of aromatic nitrogens is 3. The van der Waals surface area contributed by atoms with Crippen molar-refractivity contribution in [1.29, 1.82) is 0 Å². The van der Waals surface area contributed by atoms with E-state index in [2.05, 4.69) is 23.9 Å². The van der Waals surface area contributed by atoms with Gasteiger partial charge in [-0.1, -0.05) is 0 Å². The first-order valence-electron chi connectivity index (χ1n) is 7.95. The van der Waals surface area contributed by atoms with Gasteiger partial charge in [0.15, 0.2) is 0 Å². The molecule has 2 heterocycles. The molecule has 0 saturated carbocycles. The van der Waals surface area contributed by atoms with Gasteiger partial charge in [0.2, 0.25) is 0 Å². The van der Waals surface area contributed by atoms with Crippen molar-refractivity contribution in [2.75, 3.05) is 0 Å². The van der Waals surface area contributed by atoms with E-state index >= 15 is 0 Å². The quantitative estimate of drug-likeness (QED) is 0.928. The van der Waals surface area contributed by atoms with Gasteiger partial charge in [0.05, 0.1) is 17.3 Å². The second kappa shape index (κ2) is 6.28. The number of carboxylic acid groups (broad SMARTS) is 1. The standard InChI is InChI=1S/C17H21N3O2S/c1-4-20-11(3)12(10(2)19-20)8-9-15-18-16-13(17(21)22)6-5-7-14(16)23-15/h8-9,13H,4-7H2,1-3H3,(H,21,22)/b9-8+. The first-order chi connectivity index (χ1) is 11.0. The Labute approximate surface area is 139 Å². The molecule has 0 radical (unpaired) electrons. The molecule has 0 aliphatic heterocycles.